The van der Waals surface area contributed by atoms with Crippen LogP contribution in [0.4, 0.5) is 0 Å². The first-order valence-corrected chi connectivity index (χ1v) is 3.96. The molecular weight excluding hydrogens is 142 g/mol. The van der Waals surface area contributed by atoms with Crippen molar-refractivity contribution in [3.8, 4) is 0 Å². The van der Waals surface area contributed by atoms with Crippen molar-refractivity contribution in [2.75, 3.05) is 0 Å². The average Bonchev–Trinajstić information content (AvgIpc) is 2.33. The monoisotopic (exact) mass is 153 g/mol. The standard InChI is InChI=1S/C8H11NO2/c1-5-2-3-7-6(4-5)8(10)9-11-7/h5H,2-4H2,1H3,(H,9,10). The fourth-order valence-electron chi connectivity index (χ4n) is 1.59. The highest BCUT2D eigenvalue weighted by molar-refractivity contribution is 5.17. The molecule has 1 aliphatic rings. The van der Waals surface area contributed by atoms with Crippen molar-refractivity contribution in [3.63, 3.8) is 0 Å². The molecule has 1 heterocycles. The van der Waals surface area contributed by atoms with Gasteiger partial charge in [-0.05, 0) is 18.8 Å². The van der Waals surface area contributed by atoms with Crippen LogP contribution in [0.3, 0.4) is 0 Å². The van der Waals surface area contributed by atoms with Crippen molar-refractivity contribution < 1.29 is 4.52 Å². The molecule has 1 unspecified atom stereocenters. The largest absolute Gasteiger partial charge is 0.383 e. The van der Waals surface area contributed by atoms with Crippen LogP contribution >= 0.6 is 0 Å². The molecule has 0 saturated heterocycles. The third-order valence-corrected chi connectivity index (χ3v) is 2.29. The van der Waals surface area contributed by atoms with Gasteiger partial charge in [-0.25, -0.2) is 0 Å². The molecule has 0 radical (unpaired) electrons. The highest BCUT2D eigenvalue weighted by Gasteiger charge is 2.20. The summed E-state index contributed by atoms with van der Waals surface area (Å²) in [6.07, 6.45) is 2.92. The molecule has 0 amide bonds. The van der Waals surface area contributed by atoms with Gasteiger partial charge in [-0.1, -0.05) is 6.92 Å². The van der Waals surface area contributed by atoms with Gasteiger partial charge in [-0.2, -0.15) is 5.16 Å². The summed E-state index contributed by atoms with van der Waals surface area (Å²) in [5, 5.41) is 2.37. The maximum absolute atomic E-state index is 11.1. The van der Waals surface area contributed by atoms with Gasteiger partial charge >= 0.3 is 0 Å². The zero-order valence-corrected chi connectivity index (χ0v) is 6.52. The molecule has 3 heteroatoms. The maximum Gasteiger partial charge on any atom is 0.283 e. The van der Waals surface area contributed by atoms with E-state index < -0.39 is 0 Å². The van der Waals surface area contributed by atoms with Gasteiger partial charge in [0.15, 0.2) is 0 Å². The average molecular weight is 153 g/mol. The smallest absolute Gasteiger partial charge is 0.283 e. The normalized spacial score (nSPS) is 23.2. The van der Waals surface area contributed by atoms with Gasteiger partial charge in [0.1, 0.15) is 5.76 Å². The lowest BCUT2D eigenvalue weighted by Gasteiger charge is -2.14. The molecule has 0 spiro atoms. The first kappa shape index (κ1) is 6.70. The van der Waals surface area contributed by atoms with E-state index in [1.807, 2.05) is 0 Å². The molecule has 1 aliphatic carbocycles. The van der Waals surface area contributed by atoms with Crippen molar-refractivity contribution in [3.05, 3.63) is 21.7 Å². The van der Waals surface area contributed by atoms with Gasteiger partial charge in [-0.15, -0.1) is 0 Å². The van der Waals surface area contributed by atoms with Crippen LogP contribution in [-0.4, -0.2) is 5.16 Å². The minimum Gasteiger partial charge on any atom is -0.383 e. The topological polar surface area (TPSA) is 46.0 Å². The predicted molar refractivity (Wildman–Crippen MR) is 40.5 cm³/mol. The summed E-state index contributed by atoms with van der Waals surface area (Å²) in [5.74, 6) is 1.49. The van der Waals surface area contributed by atoms with Crippen molar-refractivity contribution in [2.24, 2.45) is 5.92 Å². The van der Waals surface area contributed by atoms with E-state index in [2.05, 4.69) is 12.1 Å². The molecule has 1 aromatic heterocycles. The Morgan fingerprint density at radius 1 is 1.64 bits per heavy atom. The van der Waals surface area contributed by atoms with Crippen molar-refractivity contribution in [1.29, 1.82) is 0 Å². The van der Waals surface area contributed by atoms with Gasteiger partial charge in [0.05, 0.1) is 5.56 Å². The minimum atomic E-state index is -0.0356. The summed E-state index contributed by atoms with van der Waals surface area (Å²) in [7, 11) is 0. The lowest BCUT2D eigenvalue weighted by Crippen LogP contribution is -2.16. The number of nitrogens with one attached hydrogen (secondary N) is 1. The number of fused-ring (bicyclic) bond motifs is 1. The highest BCUT2D eigenvalue weighted by Crippen LogP contribution is 2.21. The van der Waals surface area contributed by atoms with E-state index in [9.17, 15) is 4.79 Å². The van der Waals surface area contributed by atoms with Gasteiger partial charge in [0, 0.05) is 6.42 Å². The molecule has 0 bridgehead atoms. The molecule has 0 fully saturated rings. The van der Waals surface area contributed by atoms with Gasteiger partial charge in [-0.3, -0.25) is 4.79 Å². The second-order valence-corrected chi connectivity index (χ2v) is 3.28. The second-order valence-electron chi connectivity index (χ2n) is 3.28. The Balaban J connectivity index is 2.45. The number of aromatic nitrogens is 1. The maximum atomic E-state index is 11.1. The molecule has 0 saturated carbocycles. The highest BCUT2D eigenvalue weighted by atomic mass is 16.5. The summed E-state index contributed by atoms with van der Waals surface area (Å²) >= 11 is 0. The zero-order chi connectivity index (χ0) is 7.84. The van der Waals surface area contributed by atoms with E-state index >= 15 is 0 Å². The number of rotatable bonds is 0. The number of aromatic amines is 1. The Morgan fingerprint density at radius 3 is 3.27 bits per heavy atom. The minimum absolute atomic E-state index is 0.0356. The van der Waals surface area contributed by atoms with Gasteiger partial charge in [0.2, 0.25) is 0 Å². The van der Waals surface area contributed by atoms with E-state index in [1.165, 1.54) is 0 Å². The van der Waals surface area contributed by atoms with E-state index in [1.54, 1.807) is 0 Å². The second kappa shape index (κ2) is 2.26. The van der Waals surface area contributed by atoms with E-state index in [4.69, 9.17) is 4.52 Å². The van der Waals surface area contributed by atoms with Crippen LogP contribution in [0.25, 0.3) is 0 Å². The third kappa shape index (κ3) is 1.00. The molecule has 60 valence electrons. The molecule has 11 heavy (non-hydrogen) atoms. The molecule has 3 nitrogen and oxygen atoms in total. The number of hydrogen-bond donors (Lipinski definition) is 1. The summed E-state index contributed by atoms with van der Waals surface area (Å²) in [4.78, 5) is 11.1. The Hall–Kier alpha value is -0.990. The lowest BCUT2D eigenvalue weighted by molar-refractivity contribution is 0.354. The number of hydrogen-bond acceptors (Lipinski definition) is 2. The molecule has 0 aliphatic heterocycles. The summed E-state index contributed by atoms with van der Waals surface area (Å²) in [5.41, 5.74) is 0.829. The zero-order valence-electron chi connectivity index (χ0n) is 6.52. The van der Waals surface area contributed by atoms with Crippen LogP contribution in [0.2, 0.25) is 0 Å². The SMILES string of the molecule is CC1CCc2o[nH]c(=O)c2C1. The van der Waals surface area contributed by atoms with Crippen LogP contribution in [0.1, 0.15) is 24.7 Å². The molecule has 0 aromatic carbocycles. The molecule has 1 atom stereocenters. The van der Waals surface area contributed by atoms with E-state index in [0.29, 0.717) is 5.92 Å². The van der Waals surface area contributed by atoms with Gasteiger partial charge < -0.3 is 4.52 Å². The molecular formula is C8H11NO2. The Morgan fingerprint density at radius 2 is 2.45 bits per heavy atom. The van der Waals surface area contributed by atoms with E-state index in [-0.39, 0.29) is 5.56 Å². The molecule has 1 N–H and O–H groups in total. The van der Waals surface area contributed by atoms with Crippen molar-refractivity contribution in [2.45, 2.75) is 26.2 Å². The van der Waals surface area contributed by atoms with Crippen LogP contribution in [0.15, 0.2) is 9.32 Å². The van der Waals surface area contributed by atoms with Crippen LogP contribution in [0.5, 0.6) is 0 Å². The number of H-pyrrole nitrogens is 1. The summed E-state index contributed by atoms with van der Waals surface area (Å²) < 4.78 is 5.00. The quantitative estimate of drug-likeness (QED) is 0.606. The first-order valence-electron chi connectivity index (χ1n) is 3.96. The molecule has 1 aromatic rings. The van der Waals surface area contributed by atoms with Crippen LogP contribution in [-0.2, 0) is 12.8 Å². The fourth-order valence-corrected chi connectivity index (χ4v) is 1.59. The summed E-state index contributed by atoms with van der Waals surface area (Å²) in [6.45, 7) is 2.16. The summed E-state index contributed by atoms with van der Waals surface area (Å²) in [6, 6.07) is 0. The Kier molecular flexibility index (Phi) is 1.37. The fraction of sp³-hybridized carbons (Fsp3) is 0.625. The molecule has 2 rings (SSSR count). The first-order chi connectivity index (χ1) is 5.27. The van der Waals surface area contributed by atoms with Crippen molar-refractivity contribution >= 4 is 0 Å². The Labute approximate surface area is 64.4 Å². The van der Waals surface area contributed by atoms with Crippen LogP contribution < -0.4 is 5.56 Å². The lowest BCUT2D eigenvalue weighted by atomic mass is 9.90. The van der Waals surface area contributed by atoms with Crippen LogP contribution in [0, 0.1) is 5.92 Å². The number of aryl methyl sites for hydroxylation is 1. The Bertz CT molecular complexity index is 310. The third-order valence-electron chi connectivity index (χ3n) is 2.29. The van der Waals surface area contributed by atoms with Gasteiger partial charge in [0.25, 0.3) is 5.56 Å². The van der Waals surface area contributed by atoms with E-state index in [0.717, 1.165) is 30.6 Å². The predicted octanol–water partition coefficient (Wildman–Crippen LogP) is 1.09. The van der Waals surface area contributed by atoms with Crippen molar-refractivity contribution in [1.82, 2.24) is 5.16 Å².